The van der Waals surface area contributed by atoms with Crippen molar-refractivity contribution in [3.63, 3.8) is 0 Å². The third-order valence-electron chi connectivity index (χ3n) is 8.03. The summed E-state index contributed by atoms with van der Waals surface area (Å²) >= 11 is 0. The predicted octanol–water partition coefficient (Wildman–Crippen LogP) is 9.36. The molecule has 196 valence electrons. The fourth-order valence-corrected chi connectivity index (χ4v) is 6.05. The van der Waals surface area contributed by atoms with Crippen LogP contribution in [0, 0.1) is 0 Å². The fourth-order valence-electron chi connectivity index (χ4n) is 6.05. The van der Waals surface area contributed by atoms with Gasteiger partial charge in [-0.05, 0) is 53.2 Å². The van der Waals surface area contributed by atoms with E-state index in [1.165, 1.54) is 16.2 Å². The summed E-state index contributed by atoms with van der Waals surface area (Å²) in [6.07, 6.45) is 0. The van der Waals surface area contributed by atoms with Crippen molar-refractivity contribution in [1.29, 1.82) is 0 Å². The van der Waals surface area contributed by atoms with Crippen LogP contribution in [-0.4, -0.2) is 19.5 Å². The highest BCUT2D eigenvalue weighted by atomic mass is 16.3. The van der Waals surface area contributed by atoms with Crippen molar-refractivity contribution in [2.24, 2.45) is 0 Å². The predicted molar refractivity (Wildman–Crippen MR) is 170 cm³/mol. The van der Waals surface area contributed by atoms with E-state index in [0.29, 0.717) is 17.6 Å². The van der Waals surface area contributed by atoms with Crippen molar-refractivity contribution >= 4 is 54.5 Å². The van der Waals surface area contributed by atoms with Gasteiger partial charge in [-0.15, -0.1) is 0 Å². The summed E-state index contributed by atoms with van der Waals surface area (Å²) in [6, 6.07) is 45.8. The number of aromatic nitrogens is 4. The quantitative estimate of drug-likeness (QED) is 0.225. The second-order valence-electron chi connectivity index (χ2n) is 10.5. The van der Waals surface area contributed by atoms with Crippen LogP contribution in [0.15, 0.2) is 138 Å². The first-order chi connectivity index (χ1) is 20.8. The lowest BCUT2D eigenvalue weighted by molar-refractivity contribution is 0.669. The number of furan rings is 1. The fraction of sp³-hybridized carbons (Fsp3) is 0. The van der Waals surface area contributed by atoms with Crippen molar-refractivity contribution in [3.05, 3.63) is 133 Å². The Bertz CT molecular complexity index is 2470. The highest BCUT2D eigenvalue weighted by Crippen LogP contribution is 2.36. The number of hydrogen-bond acceptors (Lipinski definition) is 4. The lowest BCUT2D eigenvalue weighted by Gasteiger charge is -2.11. The molecule has 0 amide bonds. The molecule has 0 saturated heterocycles. The van der Waals surface area contributed by atoms with E-state index in [0.717, 1.165) is 49.5 Å². The molecule has 0 atom stereocenters. The number of nitrogens with zero attached hydrogens (tertiary/aromatic N) is 4. The molecule has 0 radical (unpaired) electrons. The Morgan fingerprint density at radius 2 is 1.10 bits per heavy atom. The van der Waals surface area contributed by atoms with E-state index < -0.39 is 0 Å². The maximum Gasteiger partial charge on any atom is 0.238 e. The molecule has 5 nitrogen and oxygen atoms in total. The Morgan fingerprint density at radius 1 is 0.429 bits per heavy atom. The largest absolute Gasteiger partial charge is 0.456 e. The first-order valence-electron chi connectivity index (χ1n) is 14.0. The zero-order chi connectivity index (χ0) is 27.6. The number of hydrogen-bond donors (Lipinski definition) is 0. The van der Waals surface area contributed by atoms with Crippen LogP contribution in [0.2, 0.25) is 0 Å². The zero-order valence-corrected chi connectivity index (χ0v) is 22.4. The summed E-state index contributed by atoms with van der Waals surface area (Å²) < 4.78 is 8.26. The topological polar surface area (TPSA) is 56.7 Å². The average molecular weight is 539 g/mol. The maximum atomic E-state index is 6.09. The van der Waals surface area contributed by atoms with E-state index in [1.54, 1.807) is 0 Å². The molecular formula is C37H22N4O. The van der Waals surface area contributed by atoms with E-state index in [1.807, 2.05) is 60.7 Å². The first-order valence-corrected chi connectivity index (χ1v) is 14.0. The van der Waals surface area contributed by atoms with Gasteiger partial charge in [-0.1, -0.05) is 91.0 Å². The van der Waals surface area contributed by atoms with Crippen LogP contribution in [0.3, 0.4) is 0 Å². The highest BCUT2D eigenvalue weighted by molar-refractivity contribution is 6.13. The second-order valence-corrected chi connectivity index (χ2v) is 10.5. The Labute approximate surface area is 240 Å². The van der Waals surface area contributed by atoms with Crippen LogP contribution in [-0.2, 0) is 0 Å². The monoisotopic (exact) mass is 538 g/mol. The molecule has 3 aromatic heterocycles. The highest BCUT2D eigenvalue weighted by Gasteiger charge is 2.19. The van der Waals surface area contributed by atoms with E-state index in [4.69, 9.17) is 19.4 Å². The molecule has 0 saturated carbocycles. The van der Waals surface area contributed by atoms with Gasteiger partial charge in [-0.3, -0.25) is 4.57 Å². The van der Waals surface area contributed by atoms with E-state index >= 15 is 0 Å². The third kappa shape index (κ3) is 3.47. The Kier molecular flexibility index (Phi) is 4.83. The van der Waals surface area contributed by atoms with Gasteiger partial charge in [-0.2, -0.15) is 9.97 Å². The van der Waals surface area contributed by atoms with E-state index in [9.17, 15) is 0 Å². The van der Waals surface area contributed by atoms with Crippen molar-refractivity contribution < 1.29 is 4.42 Å². The SMILES string of the molecule is c1ccc(-c2nc(-c3ccc4oc5ccccc5c4c3)nc(-n3c4ccccc4c4cc5ccccc5cc43)n2)cc1. The van der Waals surface area contributed by atoms with Gasteiger partial charge in [0.25, 0.3) is 0 Å². The number of fused-ring (bicyclic) bond motifs is 7. The first kappa shape index (κ1) is 22.9. The Balaban J connectivity index is 1.35. The summed E-state index contributed by atoms with van der Waals surface area (Å²) in [5, 5.41) is 6.81. The summed E-state index contributed by atoms with van der Waals surface area (Å²) in [6.45, 7) is 0. The number of para-hydroxylation sites is 2. The minimum atomic E-state index is 0.581. The standard InChI is InChI=1S/C37H22N4O/c1-2-10-23(11-3-1)35-38-36(26-18-19-34-30(21-26)28-15-7-9-17-33(28)42-34)40-37(39-35)41-31-16-8-6-14-27(31)29-20-24-12-4-5-13-25(24)22-32(29)41/h1-22H. The summed E-state index contributed by atoms with van der Waals surface area (Å²) in [7, 11) is 0. The molecule has 5 heteroatoms. The minimum absolute atomic E-state index is 0.581. The minimum Gasteiger partial charge on any atom is -0.456 e. The molecule has 0 aliphatic heterocycles. The lowest BCUT2D eigenvalue weighted by Crippen LogP contribution is -2.06. The van der Waals surface area contributed by atoms with Gasteiger partial charge in [0.15, 0.2) is 11.6 Å². The lowest BCUT2D eigenvalue weighted by atomic mass is 10.1. The molecule has 0 N–H and O–H groups in total. The summed E-state index contributed by atoms with van der Waals surface area (Å²) in [4.78, 5) is 15.2. The van der Waals surface area contributed by atoms with Crippen molar-refractivity contribution in [1.82, 2.24) is 19.5 Å². The third-order valence-corrected chi connectivity index (χ3v) is 8.03. The normalized spacial score (nSPS) is 11.8. The van der Waals surface area contributed by atoms with Crippen LogP contribution in [0.1, 0.15) is 0 Å². The van der Waals surface area contributed by atoms with Crippen molar-refractivity contribution in [2.75, 3.05) is 0 Å². The molecule has 0 aliphatic carbocycles. The van der Waals surface area contributed by atoms with Gasteiger partial charge in [0, 0.05) is 32.7 Å². The molecule has 0 aliphatic rings. The van der Waals surface area contributed by atoms with Gasteiger partial charge in [0.05, 0.1) is 11.0 Å². The molecule has 0 bridgehead atoms. The smallest absolute Gasteiger partial charge is 0.238 e. The van der Waals surface area contributed by atoms with Gasteiger partial charge >= 0.3 is 0 Å². The number of benzene rings is 6. The molecule has 0 spiro atoms. The Hall–Kier alpha value is -5.81. The second kappa shape index (κ2) is 8.85. The van der Waals surface area contributed by atoms with Crippen molar-refractivity contribution in [2.45, 2.75) is 0 Å². The van der Waals surface area contributed by atoms with Crippen LogP contribution in [0.25, 0.3) is 83.2 Å². The summed E-state index contributed by atoms with van der Waals surface area (Å²) in [5.41, 5.74) is 5.65. The maximum absolute atomic E-state index is 6.09. The molecule has 3 heterocycles. The molecule has 0 fully saturated rings. The average Bonchev–Trinajstić information content (AvgIpc) is 3.59. The molecule has 42 heavy (non-hydrogen) atoms. The van der Waals surface area contributed by atoms with Crippen LogP contribution in [0.5, 0.6) is 0 Å². The summed E-state index contributed by atoms with van der Waals surface area (Å²) in [5.74, 6) is 1.81. The zero-order valence-electron chi connectivity index (χ0n) is 22.4. The van der Waals surface area contributed by atoms with Crippen LogP contribution < -0.4 is 0 Å². The van der Waals surface area contributed by atoms with Crippen LogP contribution in [0.4, 0.5) is 0 Å². The van der Waals surface area contributed by atoms with Gasteiger partial charge in [0.2, 0.25) is 5.95 Å². The molecule has 0 unspecified atom stereocenters. The van der Waals surface area contributed by atoms with Gasteiger partial charge in [0.1, 0.15) is 11.2 Å². The molecule has 9 rings (SSSR count). The number of rotatable bonds is 3. The van der Waals surface area contributed by atoms with Crippen molar-refractivity contribution in [3.8, 4) is 28.7 Å². The van der Waals surface area contributed by atoms with E-state index in [-0.39, 0.29) is 0 Å². The van der Waals surface area contributed by atoms with Crippen LogP contribution >= 0.6 is 0 Å². The molecule has 9 aromatic rings. The van der Waals surface area contributed by atoms with Gasteiger partial charge < -0.3 is 4.42 Å². The van der Waals surface area contributed by atoms with Gasteiger partial charge in [-0.25, -0.2) is 4.98 Å². The Morgan fingerprint density at radius 3 is 1.95 bits per heavy atom. The molecular weight excluding hydrogens is 516 g/mol. The van der Waals surface area contributed by atoms with E-state index in [2.05, 4.69) is 77.4 Å². The molecule has 6 aromatic carbocycles.